The molecule has 1 unspecified atom stereocenters. The number of ketones is 1. The van der Waals surface area contributed by atoms with Gasteiger partial charge in [-0.15, -0.1) is 0 Å². The lowest BCUT2D eigenvalue weighted by Crippen LogP contribution is -2.29. The zero-order valence-corrected chi connectivity index (χ0v) is 20.1. The molecule has 37 heavy (non-hydrogen) atoms. The Morgan fingerprint density at radius 2 is 1.73 bits per heavy atom. The van der Waals surface area contributed by atoms with Crippen LogP contribution in [0.4, 0.5) is 5.69 Å². The smallest absolute Gasteiger partial charge is 0.338 e. The van der Waals surface area contributed by atoms with E-state index in [9.17, 15) is 24.6 Å². The number of Topliss-reactive ketones (excluding diaryl/α,β-unsaturated/α-hetero) is 1. The Kier molecular flexibility index (Phi) is 6.40. The van der Waals surface area contributed by atoms with E-state index in [2.05, 4.69) is 0 Å². The average Bonchev–Trinajstić information content (AvgIpc) is 3.18. The zero-order chi connectivity index (χ0) is 26.1. The van der Waals surface area contributed by atoms with Gasteiger partial charge in [-0.1, -0.05) is 12.1 Å². The van der Waals surface area contributed by atoms with Gasteiger partial charge in [-0.05, 0) is 85.5 Å². The van der Waals surface area contributed by atoms with Gasteiger partial charge in [-0.25, -0.2) is 4.79 Å². The number of hydrogen-bond acceptors (Lipinski definition) is 7. The number of amides is 1. The topological polar surface area (TPSA) is 113 Å². The number of aliphatic hydroxyl groups is 1. The number of carbonyl (C=O) groups excluding carboxylic acids is 3. The summed E-state index contributed by atoms with van der Waals surface area (Å²) < 4.78 is 10.7. The highest BCUT2D eigenvalue weighted by atomic mass is 16.5. The number of aliphatic hydroxyl groups excluding tert-OH is 1. The summed E-state index contributed by atoms with van der Waals surface area (Å²) in [4.78, 5) is 40.0. The largest absolute Gasteiger partial charge is 0.508 e. The van der Waals surface area contributed by atoms with E-state index >= 15 is 0 Å². The van der Waals surface area contributed by atoms with Crippen LogP contribution in [0.3, 0.4) is 0 Å². The number of hydrogen-bond donors (Lipinski definition) is 2. The standard InChI is InChI=1S/C29H25NO7/c1-2-36-29(35)18-5-10-21(11-6-18)30-25(17-7-12-22(31)13-8-17)24(27(33)28(30)34)26(32)20-9-14-23-19(16-20)4-3-15-37-23/h5-14,16,25,31-32H,2-4,15H2,1H3/b26-24-. The van der Waals surface area contributed by atoms with E-state index in [1.165, 1.54) is 29.2 Å². The summed E-state index contributed by atoms with van der Waals surface area (Å²) >= 11 is 0. The molecule has 1 fully saturated rings. The number of benzene rings is 3. The normalized spacial score (nSPS) is 18.3. The third-order valence-electron chi connectivity index (χ3n) is 6.49. The molecule has 2 heterocycles. The summed E-state index contributed by atoms with van der Waals surface area (Å²) in [6.45, 7) is 2.56. The van der Waals surface area contributed by atoms with Crippen LogP contribution in [0.25, 0.3) is 5.76 Å². The molecule has 0 aromatic heterocycles. The maximum Gasteiger partial charge on any atom is 0.338 e. The molecule has 2 aliphatic heterocycles. The molecule has 0 radical (unpaired) electrons. The lowest BCUT2D eigenvalue weighted by atomic mass is 9.93. The van der Waals surface area contributed by atoms with E-state index in [-0.39, 0.29) is 23.7 Å². The number of phenols is 1. The van der Waals surface area contributed by atoms with Crippen LogP contribution in [0.1, 0.15) is 46.4 Å². The molecule has 2 aliphatic rings. The van der Waals surface area contributed by atoms with Crippen molar-refractivity contribution in [2.45, 2.75) is 25.8 Å². The molecule has 1 atom stereocenters. The molecule has 5 rings (SSSR count). The first kappa shape index (κ1) is 24.1. The van der Waals surface area contributed by atoms with E-state index in [4.69, 9.17) is 9.47 Å². The highest BCUT2D eigenvalue weighted by Gasteiger charge is 2.47. The molecule has 1 amide bonds. The highest BCUT2D eigenvalue weighted by molar-refractivity contribution is 6.51. The van der Waals surface area contributed by atoms with Crippen molar-refractivity contribution in [3.63, 3.8) is 0 Å². The van der Waals surface area contributed by atoms with Gasteiger partial charge in [0.1, 0.15) is 17.3 Å². The van der Waals surface area contributed by atoms with Gasteiger partial charge in [0.15, 0.2) is 0 Å². The Morgan fingerprint density at radius 1 is 1.03 bits per heavy atom. The number of rotatable bonds is 5. The van der Waals surface area contributed by atoms with Gasteiger partial charge in [0.25, 0.3) is 11.7 Å². The van der Waals surface area contributed by atoms with Crippen LogP contribution in [0.15, 0.2) is 72.3 Å². The Balaban J connectivity index is 1.62. The maximum atomic E-state index is 13.3. The van der Waals surface area contributed by atoms with E-state index < -0.39 is 23.7 Å². The van der Waals surface area contributed by atoms with E-state index in [1.807, 2.05) is 0 Å². The molecule has 0 aliphatic carbocycles. The van der Waals surface area contributed by atoms with Crippen molar-refractivity contribution in [2.75, 3.05) is 18.1 Å². The number of esters is 1. The van der Waals surface area contributed by atoms with Crippen LogP contribution in [0.2, 0.25) is 0 Å². The van der Waals surface area contributed by atoms with Crippen LogP contribution < -0.4 is 9.64 Å². The van der Waals surface area contributed by atoms with Gasteiger partial charge in [0.2, 0.25) is 0 Å². The third-order valence-corrected chi connectivity index (χ3v) is 6.49. The fraction of sp³-hybridized carbons (Fsp3) is 0.207. The number of aryl methyl sites for hydroxylation is 1. The summed E-state index contributed by atoms with van der Waals surface area (Å²) in [5.74, 6) is -1.68. The first-order valence-electron chi connectivity index (χ1n) is 12.0. The molecular weight excluding hydrogens is 474 g/mol. The van der Waals surface area contributed by atoms with Gasteiger partial charge >= 0.3 is 5.97 Å². The van der Waals surface area contributed by atoms with Crippen molar-refractivity contribution < 1.29 is 34.1 Å². The van der Waals surface area contributed by atoms with Crippen molar-refractivity contribution in [3.8, 4) is 11.5 Å². The van der Waals surface area contributed by atoms with E-state index in [0.717, 1.165) is 24.2 Å². The molecule has 3 aromatic carbocycles. The quantitative estimate of drug-likeness (QED) is 0.230. The van der Waals surface area contributed by atoms with Crippen molar-refractivity contribution >= 4 is 29.1 Å². The lowest BCUT2D eigenvalue weighted by Gasteiger charge is -2.25. The minimum Gasteiger partial charge on any atom is -0.508 e. The SMILES string of the molecule is CCOC(=O)c1ccc(N2C(=O)C(=O)/C(=C(\O)c3ccc4c(c3)CCCO4)C2c2ccc(O)cc2)cc1. The monoisotopic (exact) mass is 499 g/mol. The number of phenolic OH excluding ortho intramolecular Hbond substituents is 1. The van der Waals surface area contributed by atoms with E-state index in [0.29, 0.717) is 29.0 Å². The first-order valence-corrected chi connectivity index (χ1v) is 12.0. The summed E-state index contributed by atoms with van der Waals surface area (Å²) in [6, 6.07) is 16.5. The number of nitrogens with zero attached hydrogens (tertiary/aromatic N) is 1. The second-order valence-corrected chi connectivity index (χ2v) is 8.80. The molecule has 8 heteroatoms. The van der Waals surface area contributed by atoms with Gasteiger partial charge in [0.05, 0.1) is 30.4 Å². The fourth-order valence-electron chi connectivity index (χ4n) is 4.71. The molecule has 0 saturated carbocycles. The maximum absolute atomic E-state index is 13.3. The Labute approximate surface area is 213 Å². The fourth-order valence-corrected chi connectivity index (χ4v) is 4.71. The minimum absolute atomic E-state index is 0.0224. The molecule has 1 saturated heterocycles. The van der Waals surface area contributed by atoms with Gasteiger partial charge < -0.3 is 19.7 Å². The molecule has 3 aromatic rings. The van der Waals surface area contributed by atoms with Crippen molar-refractivity contribution in [2.24, 2.45) is 0 Å². The van der Waals surface area contributed by atoms with Crippen molar-refractivity contribution in [1.82, 2.24) is 0 Å². The van der Waals surface area contributed by atoms with Gasteiger partial charge in [-0.3, -0.25) is 14.5 Å². The van der Waals surface area contributed by atoms with Crippen LogP contribution in [0, 0.1) is 0 Å². The first-order chi connectivity index (χ1) is 17.9. The van der Waals surface area contributed by atoms with Crippen molar-refractivity contribution in [1.29, 1.82) is 0 Å². The molecule has 8 nitrogen and oxygen atoms in total. The number of fused-ring (bicyclic) bond motifs is 1. The number of ether oxygens (including phenoxy) is 2. The highest BCUT2D eigenvalue weighted by Crippen LogP contribution is 2.43. The van der Waals surface area contributed by atoms with Gasteiger partial charge in [0, 0.05) is 11.3 Å². The van der Waals surface area contributed by atoms with Crippen LogP contribution in [-0.2, 0) is 20.7 Å². The summed E-state index contributed by atoms with van der Waals surface area (Å²) in [5.41, 5.74) is 2.45. The predicted octanol–water partition coefficient (Wildman–Crippen LogP) is 4.52. The van der Waals surface area contributed by atoms with Crippen LogP contribution in [0.5, 0.6) is 11.5 Å². The minimum atomic E-state index is -0.957. The van der Waals surface area contributed by atoms with Crippen LogP contribution in [-0.4, -0.2) is 41.1 Å². The van der Waals surface area contributed by atoms with Gasteiger partial charge in [-0.2, -0.15) is 0 Å². The predicted molar refractivity (Wildman–Crippen MR) is 136 cm³/mol. The Bertz CT molecular complexity index is 1410. The molecule has 0 bridgehead atoms. The third kappa shape index (κ3) is 4.42. The lowest BCUT2D eigenvalue weighted by molar-refractivity contribution is -0.132. The van der Waals surface area contributed by atoms with E-state index in [1.54, 1.807) is 49.4 Å². The average molecular weight is 500 g/mol. The number of anilines is 1. The number of carbonyl (C=O) groups is 3. The molecule has 2 N–H and O–H groups in total. The van der Waals surface area contributed by atoms with Crippen molar-refractivity contribution in [3.05, 3.63) is 94.6 Å². The second-order valence-electron chi connectivity index (χ2n) is 8.80. The molecule has 188 valence electrons. The Morgan fingerprint density at radius 3 is 2.43 bits per heavy atom. The zero-order valence-electron chi connectivity index (χ0n) is 20.1. The van der Waals surface area contributed by atoms with Crippen LogP contribution >= 0.6 is 0 Å². The summed E-state index contributed by atoms with van der Waals surface area (Å²) in [6.07, 6.45) is 1.62. The molecule has 0 spiro atoms. The summed E-state index contributed by atoms with van der Waals surface area (Å²) in [5, 5.41) is 21.2. The molecular formula is C29H25NO7. The Hall–Kier alpha value is -4.59. The summed E-state index contributed by atoms with van der Waals surface area (Å²) in [7, 11) is 0. The second kappa shape index (κ2) is 9.81. The number of aromatic hydroxyl groups is 1.